The number of nitrogens with two attached hydrogens (primary N) is 1. The average molecular weight is 379 g/mol. The molecule has 0 saturated heterocycles. The maximum Gasteiger partial charge on any atom is 0.185 e. The molecule has 21 heavy (non-hydrogen) atoms. The monoisotopic (exact) mass is 378 g/mol. The predicted molar refractivity (Wildman–Crippen MR) is 79.6 cm³/mol. The van der Waals surface area contributed by atoms with Gasteiger partial charge in [-0.3, -0.25) is 0 Å². The van der Waals surface area contributed by atoms with Crippen LogP contribution in [0.2, 0.25) is 0 Å². The van der Waals surface area contributed by atoms with E-state index >= 15 is 0 Å². The zero-order chi connectivity index (χ0) is 15.7. The molecule has 2 nitrogen and oxygen atoms in total. The van der Waals surface area contributed by atoms with E-state index in [1.165, 1.54) is 18.2 Å². The van der Waals surface area contributed by atoms with Gasteiger partial charge in [0.2, 0.25) is 0 Å². The molecule has 2 aromatic rings. The number of thiocarbonyl (C=S) groups is 1. The Morgan fingerprint density at radius 1 is 1.05 bits per heavy atom. The molecule has 0 aliphatic carbocycles. The van der Waals surface area contributed by atoms with Crippen molar-refractivity contribution in [3.63, 3.8) is 0 Å². The predicted octanol–water partition coefficient (Wildman–Crippen LogP) is 4.38. The summed E-state index contributed by atoms with van der Waals surface area (Å²) in [4.78, 5) is 0.136. The Kier molecular flexibility index (Phi) is 4.48. The molecule has 0 bridgehead atoms. The average Bonchev–Trinajstić information content (AvgIpc) is 2.42. The first-order chi connectivity index (χ1) is 9.81. The van der Waals surface area contributed by atoms with Crippen molar-refractivity contribution in [2.45, 2.75) is 0 Å². The zero-order valence-corrected chi connectivity index (χ0v) is 12.6. The van der Waals surface area contributed by atoms with Gasteiger partial charge in [-0.25, -0.2) is 17.6 Å². The van der Waals surface area contributed by atoms with Gasteiger partial charge < -0.3 is 11.1 Å². The summed E-state index contributed by atoms with van der Waals surface area (Å²) in [6, 6.07) is 4.57. The van der Waals surface area contributed by atoms with Crippen molar-refractivity contribution in [3.05, 3.63) is 57.6 Å². The third-order valence-electron chi connectivity index (χ3n) is 2.63. The molecule has 8 heteroatoms. The topological polar surface area (TPSA) is 38.0 Å². The van der Waals surface area contributed by atoms with E-state index in [1.807, 2.05) is 0 Å². The third kappa shape index (κ3) is 3.16. The molecule has 0 aliphatic heterocycles. The molecule has 110 valence electrons. The van der Waals surface area contributed by atoms with Gasteiger partial charge in [-0.15, -0.1) is 0 Å². The van der Waals surface area contributed by atoms with Crippen LogP contribution in [0.25, 0.3) is 0 Å². The maximum atomic E-state index is 13.6. The second kappa shape index (κ2) is 5.98. The quantitative estimate of drug-likeness (QED) is 0.472. The fourth-order valence-corrected chi connectivity index (χ4v) is 2.19. The van der Waals surface area contributed by atoms with E-state index in [0.29, 0.717) is 10.0 Å². The van der Waals surface area contributed by atoms with Gasteiger partial charge in [0.25, 0.3) is 0 Å². The number of rotatable bonds is 3. The first kappa shape index (κ1) is 15.7. The Labute approximate surface area is 131 Å². The number of hydrogen-bond acceptors (Lipinski definition) is 2. The van der Waals surface area contributed by atoms with Gasteiger partial charge in [0, 0.05) is 16.1 Å². The first-order valence-electron chi connectivity index (χ1n) is 5.50. The van der Waals surface area contributed by atoms with Crippen LogP contribution in [0, 0.1) is 23.3 Å². The van der Waals surface area contributed by atoms with Crippen LogP contribution in [0.5, 0.6) is 0 Å². The number of anilines is 2. The molecule has 0 amide bonds. The third-order valence-corrected chi connectivity index (χ3v) is 3.52. The van der Waals surface area contributed by atoms with Gasteiger partial charge >= 0.3 is 0 Å². The van der Waals surface area contributed by atoms with E-state index in [2.05, 4.69) is 21.2 Å². The second-order valence-corrected chi connectivity index (χ2v) is 5.32. The highest BCUT2D eigenvalue weighted by molar-refractivity contribution is 9.10. The zero-order valence-electron chi connectivity index (χ0n) is 10.2. The fourth-order valence-electron chi connectivity index (χ4n) is 1.59. The summed E-state index contributed by atoms with van der Waals surface area (Å²) in [5.41, 5.74) is 5.24. The highest BCUT2D eigenvalue weighted by Crippen LogP contribution is 2.31. The van der Waals surface area contributed by atoms with E-state index in [1.54, 1.807) is 0 Å². The van der Waals surface area contributed by atoms with Crippen molar-refractivity contribution in [3.8, 4) is 0 Å². The van der Waals surface area contributed by atoms with E-state index in [-0.39, 0.29) is 16.7 Å². The molecule has 0 aromatic heterocycles. The summed E-state index contributed by atoms with van der Waals surface area (Å²) in [5, 5.41) is 2.30. The van der Waals surface area contributed by atoms with E-state index in [0.717, 1.165) is 0 Å². The van der Waals surface area contributed by atoms with Crippen LogP contribution in [0.15, 0.2) is 28.7 Å². The molecule has 0 unspecified atom stereocenters. The first-order valence-corrected chi connectivity index (χ1v) is 6.70. The van der Waals surface area contributed by atoms with Crippen molar-refractivity contribution in [2.24, 2.45) is 5.73 Å². The lowest BCUT2D eigenvalue weighted by Gasteiger charge is -2.12. The van der Waals surface area contributed by atoms with Crippen molar-refractivity contribution in [2.75, 3.05) is 5.32 Å². The lowest BCUT2D eigenvalue weighted by molar-refractivity contribution is 0.459. The minimum atomic E-state index is -1.51. The summed E-state index contributed by atoms with van der Waals surface area (Å²) < 4.78 is 53.8. The molecule has 3 N–H and O–H groups in total. The van der Waals surface area contributed by atoms with Gasteiger partial charge in [-0.05, 0) is 34.1 Å². The molecule has 0 atom stereocenters. The summed E-state index contributed by atoms with van der Waals surface area (Å²) in [5.74, 6) is -6.02. The fraction of sp³-hybridized carbons (Fsp3) is 0. The lowest BCUT2D eigenvalue weighted by Crippen LogP contribution is -2.09. The standard InChI is InChI=1S/C13H7BrF4N2S/c14-6-3-5(13(19)21)1-2-9(6)20-12-10(17)7(15)4-8(16)11(12)18/h1-4,20H,(H2,19,21). The van der Waals surface area contributed by atoms with E-state index in [4.69, 9.17) is 18.0 Å². The highest BCUT2D eigenvalue weighted by atomic mass is 79.9. The van der Waals surface area contributed by atoms with Crippen LogP contribution in [0.1, 0.15) is 5.56 Å². The molecular formula is C13H7BrF4N2S. The Hall–Kier alpha value is -1.67. The number of nitrogens with one attached hydrogen (secondary N) is 1. The van der Waals surface area contributed by atoms with Gasteiger partial charge in [0.1, 0.15) is 10.7 Å². The van der Waals surface area contributed by atoms with Crippen LogP contribution in [0.3, 0.4) is 0 Å². The minimum absolute atomic E-state index is 0.136. The summed E-state index contributed by atoms with van der Waals surface area (Å²) in [7, 11) is 0. The van der Waals surface area contributed by atoms with Crippen LogP contribution >= 0.6 is 28.1 Å². The smallest absolute Gasteiger partial charge is 0.185 e. The molecule has 0 fully saturated rings. The Morgan fingerprint density at radius 2 is 1.62 bits per heavy atom. The Bertz CT molecular complexity index is 710. The Balaban J connectivity index is 2.46. The largest absolute Gasteiger partial charge is 0.389 e. The summed E-state index contributed by atoms with van der Waals surface area (Å²) in [6.07, 6.45) is 0. The van der Waals surface area contributed by atoms with Crippen LogP contribution in [0.4, 0.5) is 28.9 Å². The van der Waals surface area contributed by atoms with Crippen LogP contribution in [-0.2, 0) is 0 Å². The number of hydrogen-bond donors (Lipinski definition) is 2. The molecule has 2 rings (SSSR count). The molecule has 0 aliphatic rings. The van der Waals surface area contributed by atoms with E-state index in [9.17, 15) is 17.6 Å². The van der Waals surface area contributed by atoms with E-state index < -0.39 is 29.0 Å². The Morgan fingerprint density at radius 3 is 2.10 bits per heavy atom. The number of benzene rings is 2. The molecule has 0 radical (unpaired) electrons. The normalized spacial score (nSPS) is 10.5. The molecule has 0 saturated carbocycles. The number of halogens is 5. The SMILES string of the molecule is NC(=S)c1ccc(Nc2c(F)c(F)cc(F)c2F)c(Br)c1. The lowest BCUT2D eigenvalue weighted by atomic mass is 10.2. The van der Waals surface area contributed by atoms with Gasteiger partial charge in [-0.2, -0.15) is 0 Å². The summed E-state index contributed by atoms with van der Waals surface area (Å²) >= 11 is 7.94. The van der Waals surface area contributed by atoms with Crippen LogP contribution in [-0.4, -0.2) is 4.99 Å². The van der Waals surface area contributed by atoms with Crippen LogP contribution < -0.4 is 11.1 Å². The second-order valence-electron chi connectivity index (χ2n) is 4.03. The minimum Gasteiger partial charge on any atom is -0.389 e. The molecule has 0 spiro atoms. The van der Waals surface area contributed by atoms with Crippen molar-refractivity contribution >= 4 is 44.5 Å². The molecule has 0 heterocycles. The van der Waals surface area contributed by atoms with Crippen molar-refractivity contribution in [1.29, 1.82) is 0 Å². The van der Waals surface area contributed by atoms with Gasteiger partial charge in [-0.1, -0.05) is 12.2 Å². The van der Waals surface area contributed by atoms with Gasteiger partial charge in [0.15, 0.2) is 23.3 Å². The molecule has 2 aromatic carbocycles. The van der Waals surface area contributed by atoms with Crippen molar-refractivity contribution < 1.29 is 17.6 Å². The highest BCUT2D eigenvalue weighted by Gasteiger charge is 2.19. The maximum absolute atomic E-state index is 13.6. The van der Waals surface area contributed by atoms with Crippen molar-refractivity contribution in [1.82, 2.24) is 0 Å². The summed E-state index contributed by atoms with van der Waals surface area (Å²) in [6.45, 7) is 0. The van der Waals surface area contributed by atoms with Gasteiger partial charge in [0.05, 0.1) is 5.69 Å². The molecular weight excluding hydrogens is 372 g/mol.